The zero-order chi connectivity index (χ0) is 17.7. The molecule has 7 heteroatoms. The van der Waals surface area contributed by atoms with Crippen LogP contribution in [-0.4, -0.2) is 48.6 Å². The molecule has 0 aromatic heterocycles. The van der Waals surface area contributed by atoms with Gasteiger partial charge in [-0.15, -0.1) is 6.58 Å². The molecule has 0 saturated carbocycles. The van der Waals surface area contributed by atoms with Gasteiger partial charge in [0.15, 0.2) is 0 Å². The minimum absolute atomic E-state index is 0.00237. The van der Waals surface area contributed by atoms with Crippen molar-refractivity contribution in [1.82, 2.24) is 16.0 Å². The Hall–Kier alpha value is -1.89. The Morgan fingerprint density at radius 1 is 1.17 bits per heavy atom. The number of carboxylic acid groups (broad SMARTS) is 1. The van der Waals surface area contributed by atoms with E-state index in [1.54, 1.807) is 13.1 Å². The van der Waals surface area contributed by atoms with Crippen molar-refractivity contribution in [2.75, 3.05) is 13.6 Å². The summed E-state index contributed by atoms with van der Waals surface area (Å²) in [5, 5.41) is 16.9. The summed E-state index contributed by atoms with van der Waals surface area (Å²) in [4.78, 5) is 34.8. The molecule has 4 N–H and O–H groups in total. The molecule has 7 nitrogen and oxygen atoms in total. The molecule has 0 aliphatic heterocycles. The van der Waals surface area contributed by atoms with E-state index in [1.807, 2.05) is 0 Å². The number of unbranched alkanes of at least 4 members (excludes halogenated alkanes) is 1. The Morgan fingerprint density at radius 2 is 1.87 bits per heavy atom. The van der Waals surface area contributed by atoms with Gasteiger partial charge in [-0.3, -0.25) is 14.4 Å². The van der Waals surface area contributed by atoms with Crippen molar-refractivity contribution < 1.29 is 19.5 Å². The number of amides is 2. The summed E-state index contributed by atoms with van der Waals surface area (Å²) in [6, 6.07) is -1.02. The largest absolute Gasteiger partial charge is 0.481 e. The van der Waals surface area contributed by atoms with E-state index in [0.29, 0.717) is 19.3 Å². The highest BCUT2D eigenvalue weighted by molar-refractivity contribution is 5.89. The molecule has 132 valence electrons. The molecule has 0 radical (unpaired) electrons. The standard InChI is InChI=1S/C16H29N3O4/c1-4-6-9-12(17-3)16(23)19-13(8-5-2)15(22)18-11-7-10-14(20)21/h5,12-13,17H,2,4,6-11H2,1,3H3,(H,18,22)(H,19,23)(H,20,21)/t12-,13+/m0/s1. The van der Waals surface area contributed by atoms with E-state index in [2.05, 4.69) is 29.5 Å². The average Bonchev–Trinajstić information content (AvgIpc) is 2.51. The molecule has 0 aliphatic carbocycles. The normalized spacial score (nSPS) is 13.0. The van der Waals surface area contributed by atoms with Crippen LogP contribution in [0.3, 0.4) is 0 Å². The lowest BCUT2D eigenvalue weighted by molar-refractivity contribution is -0.137. The molecule has 23 heavy (non-hydrogen) atoms. The lowest BCUT2D eigenvalue weighted by Crippen LogP contribution is -2.52. The minimum Gasteiger partial charge on any atom is -0.481 e. The van der Waals surface area contributed by atoms with Crippen molar-refractivity contribution in [3.05, 3.63) is 12.7 Å². The first-order chi connectivity index (χ1) is 11.0. The first-order valence-electron chi connectivity index (χ1n) is 8.04. The van der Waals surface area contributed by atoms with Gasteiger partial charge in [0.2, 0.25) is 11.8 Å². The van der Waals surface area contributed by atoms with Crippen LogP contribution in [0.5, 0.6) is 0 Å². The van der Waals surface area contributed by atoms with E-state index >= 15 is 0 Å². The van der Waals surface area contributed by atoms with Crippen LogP contribution >= 0.6 is 0 Å². The van der Waals surface area contributed by atoms with E-state index in [-0.39, 0.29) is 30.8 Å². The maximum Gasteiger partial charge on any atom is 0.303 e. The number of rotatable bonds is 13. The maximum atomic E-state index is 12.2. The van der Waals surface area contributed by atoms with Gasteiger partial charge in [-0.25, -0.2) is 0 Å². The predicted octanol–water partition coefficient (Wildman–Crippen LogP) is 0.807. The topological polar surface area (TPSA) is 108 Å². The van der Waals surface area contributed by atoms with Gasteiger partial charge in [0.25, 0.3) is 0 Å². The highest BCUT2D eigenvalue weighted by Gasteiger charge is 2.23. The summed E-state index contributed by atoms with van der Waals surface area (Å²) in [5.41, 5.74) is 0. The molecule has 2 atom stereocenters. The van der Waals surface area contributed by atoms with Gasteiger partial charge in [0.05, 0.1) is 6.04 Å². The Balaban J connectivity index is 4.46. The van der Waals surface area contributed by atoms with Crippen molar-refractivity contribution >= 4 is 17.8 Å². The highest BCUT2D eigenvalue weighted by atomic mass is 16.4. The van der Waals surface area contributed by atoms with Crippen molar-refractivity contribution in [2.45, 2.75) is 57.5 Å². The molecule has 0 spiro atoms. The molecule has 0 aromatic carbocycles. The molecule has 0 bridgehead atoms. The van der Waals surface area contributed by atoms with Crippen LogP contribution in [-0.2, 0) is 14.4 Å². The zero-order valence-electron chi connectivity index (χ0n) is 14.1. The van der Waals surface area contributed by atoms with Gasteiger partial charge in [-0.05, 0) is 26.3 Å². The molecule has 0 aromatic rings. The third kappa shape index (κ3) is 9.67. The molecular weight excluding hydrogens is 298 g/mol. The van der Waals surface area contributed by atoms with Crippen LogP contribution in [0.2, 0.25) is 0 Å². The number of carbonyl (C=O) groups excluding carboxylic acids is 2. The summed E-state index contributed by atoms with van der Waals surface area (Å²) in [6.45, 7) is 5.91. The van der Waals surface area contributed by atoms with Crippen LogP contribution < -0.4 is 16.0 Å². The van der Waals surface area contributed by atoms with Crippen LogP contribution in [0.1, 0.15) is 45.4 Å². The van der Waals surface area contributed by atoms with Crippen LogP contribution in [0.15, 0.2) is 12.7 Å². The van der Waals surface area contributed by atoms with Gasteiger partial charge in [-0.2, -0.15) is 0 Å². The monoisotopic (exact) mass is 327 g/mol. The van der Waals surface area contributed by atoms with Crippen LogP contribution in [0, 0.1) is 0 Å². The van der Waals surface area contributed by atoms with Crippen molar-refractivity contribution in [3.8, 4) is 0 Å². The van der Waals surface area contributed by atoms with E-state index in [9.17, 15) is 14.4 Å². The summed E-state index contributed by atoms with van der Waals surface area (Å²) >= 11 is 0. The Morgan fingerprint density at radius 3 is 2.39 bits per heavy atom. The zero-order valence-corrected chi connectivity index (χ0v) is 14.1. The summed E-state index contributed by atoms with van der Waals surface area (Å²) in [5.74, 6) is -1.44. The van der Waals surface area contributed by atoms with Crippen LogP contribution in [0.25, 0.3) is 0 Å². The van der Waals surface area contributed by atoms with Gasteiger partial charge in [-0.1, -0.05) is 25.8 Å². The number of hydrogen-bond donors (Lipinski definition) is 4. The smallest absolute Gasteiger partial charge is 0.303 e. The minimum atomic E-state index is -0.900. The molecule has 0 unspecified atom stereocenters. The Bertz CT molecular complexity index is 399. The van der Waals surface area contributed by atoms with E-state index in [0.717, 1.165) is 12.8 Å². The van der Waals surface area contributed by atoms with Gasteiger partial charge in [0.1, 0.15) is 6.04 Å². The van der Waals surface area contributed by atoms with Crippen molar-refractivity contribution in [1.29, 1.82) is 0 Å². The lowest BCUT2D eigenvalue weighted by Gasteiger charge is -2.21. The van der Waals surface area contributed by atoms with E-state index < -0.39 is 12.0 Å². The number of carboxylic acids is 1. The fourth-order valence-corrected chi connectivity index (χ4v) is 2.06. The lowest BCUT2D eigenvalue weighted by atomic mass is 10.1. The van der Waals surface area contributed by atoms with E-state index in [4.69, 9.17) is 5.11 Å². The third-order valence-corrected chi connectivity index (χ3v) is 3.41. The molecule has 0 aliphatic rings. The SMILES string of the molecule is C=CC[C@@H](NC(=O)[C@H](CCCC)NC)C(=O)NCCCC(=O)O. The second-order valence-corrected chi connectivity index (χ2v) is 5.36. The summed E-state index contributed by atoms with van der Waals surface area (Å²) in [6.07, 6.45) is 4.86. The summed E-state index contributed by atoms with van der Waals surface area (Å²) < 4.78 is 0. The first kappa shape index (κ1) is 21.1. The van der Waals surface area contributed by atoms with Gasteiger partial charge in [0, 0.05) is 13.0 Å². The molecule has 0 fully saturated rings. The van der Waals surface area contributed by atoms with Crippen LogP contribution in [0.4, 0.5) is 0 Å². The quantitative estimate of drug-likeness (QED) is 0.296. The van der Waals surface area contributed by atoms with Gasteiger partial charge < -0.3 is 21.1 Å². The molecule has 0 heterocycles. The fraction of sp³-hybridized carbons (Fsp3) is 0.688. The van der Waals surface area contributed by atoms with Gasteiger partial charge >= 0.3 is 5.97 Å². The number of hydrogen-bond acceptors (Lipinski definition) is 4. The summed E-state index contributed by atoms with van der Waals surface area (Å²) in [7, 11) is 1.72. The maximum absolute atomic E-state index is 12.2. The Kier molecular flexibility index (Phi) is 11.6. The fourth-order valence-electron chi connectivity index (χ4n) is 2.06. The van der Waals surface area contributed by atoms with Crippen molar-refractivity contribution in [2.24, 2.45) is 0 Å². The second-order valence-electron chi connectivity index (χ2n) is 5.36. The Labute approximate surface area is 137 Å². The molecule has 2 amide bonds. The molecule has 0 saturated heterocycles. The average molecular weight is 327 g/mol. The van der Waals surface area contributed by atoms with E-state index in [1.165, 1.54) is 0 Å². The number of aliphatic carboxylic acids is 1. The van der Waals surface area contributed by atoms with Crippen molar-refractivity contribution in [3.63, 3.8) is 0 Å². The molecule has 0 rings (SSSR count). The number of carbonyl (C=O) groups is 3. The number of likely N-dealkylation sites (N-methyl/N-ethyl adjacent to an activating group) is 1. The second kappa shape index (κ2) is 12.6. The number of nitrogens with one attached hydrogen (secondary N) is 3. The predicted molar refractivity (Wildman–Crippen MR) is 89.0 cm³/mol. The third-order valence-electron chi connectivity index (χ3n) is 3.41. The molecular formula is C16H29N3O4. The highest BCUT2D eigenvalue weighted by Crippen LogP contribution is 2.02. The first-order valence-corrected chi connectivity index (χ1v) is 8.04.